The second kappa shape index (κ2) is 11.2. The summed E-state index contributed by atoms with van der Waals surface area (Å²) in [5.41, 5.74) is 0. The van der Waals surface area contributed by atoms with Crippen molar-refractivity contribution < 1.29 is 17.6 Å². The lowest BCUT2D eigenvalue weighted by molar-refractivity contribution is 0.0440. The minimum Gasteiger partial charge on any atom is -0.251 e. The molecule has 0 fully saturated rings. The molecule has 0 spiro atoms. The molecule has 0 saturated carbocycles. The number of hydrogen-bond donors (Lipinski definition) is 0. The number of halogens is 4. The third-order valence-electron chi connectivity index (χ3n) is 2.64. The van der Waals surface area contributed by atoms with Gasteiger partial charge in [-0.25, -0.2) is 13.2 Å². The molecule has 0 aromatic rings. The highest BCUT2D eigenvalue weighted by atomic mass is 19.3. The Balaban J connectivity index is 3.04. The summed E-state index contributed by atoms with van der Waals surface area (Å²) < 4.78 is 47.7. The van der Waals surface area contributed by atoms with Crippen molar-refractivity contribution in [3.8, 4) is 0 Å². The fraction of sp³-hybridized carbons (Fsp3) is 1.00. The van der Waals surface area contributed by atoms with Crippen molar-refractivity contribution in [1.82, 2.24) is 0 Å². The quantitative estimate of drug-likeness (QED) is 0.350. The molecule has 0 aliphatic rings. The molecule has 0 aromatic heterocycles. The number of alkyl halides is 4. The largest absolute Gasteiger partial charge is 0.269 e. The van der Waals surface area contributed by atoms with Crippen LogP contribution in [0.4, 0.5) is 17.6 Å². The van der Waals surface area contributed by atoms with Crippen LogP contribution in [0.1, 0.15) is 57.8 Å². The van der Waals surface area contributed by atoms with Gasteiger partial charge in [-0.15, -0.1) is 0 Å². The molecule has 0 saturated heterocycles. The monoisotopic (exact) mass is 242 g/mol. The second-order valence-corrected chi connectivity index (χ2v) is 4.16. The number of rotatable bonds is 11. The average molecular weight is 242 g/mol. The zero-order valence-electron chi connectivity index (χ0n) is 9.74. The average Bonchev–Trinajstić information content (AvgIpc) is 2.26. The molecular weight excluding hydrogens is 220 g/mol. The van der Waals surface area contributed by atoms with Crippen molar-refractivity contribution in [2.45, 2.75) is 70.4 Å². The van der Waals surface area contributed by atoms with Gasteiger partial charge in [-0.05, 0) is 12.8 Å². The molecule has 16 heavy (non-hydrogen) atoms. The molecule has 4 heteroatoms. The predicted molar refractivity (Wildman–Crippen MR) is 58.4 cm³/mol. The molecule has 0 aliphatic heterocycles. The Labute approximate surface area is 95.4 Å². The van der Waals surface area contributed by atoms with Gasteiger partial charge in [0.05, 0.1) is 6.67 Å². The highest BCUT2D eigenvalue weighted by Crippen LogP contribution is 2.15. The Morgan fingerprint density at radius 3 is 1.50 bits per heavy atom. The van der Waals surface area contributed by atoms with Gasteiger partial charge in [0.1, 0.15) is 0 Å². The van der Waals surface area contributed by atoms with Crippen LogP contribution in [-0.4, -0.2) is 19.3 Å². The van der Waals surface area contributed by atoms with Crippen molar-refractivity contribution in [2.75, 3.05) is 6.67 Å². The minimum absolute atomic E-state index is 0.0283. The van der Waals surface area contributed by atoms with E-state index in [0.717, 1.165) is 38.5 Å². The molecule has 0 amide bonds. The fourth-order valence-electron chi connectivity index (χ4n) is 1.62. The molecule has 0 radical (unpaired) electrons. The van der Waals surface area contributed by atoms with E-state index in [1.54, 1.807) is 0 Å². The lowest BCUT2D eigenvalue weighted by atomic mass is 10.1. The topological polar surface area (TPSA) is 0 Å². The van der Waals surface area contributed by atoms with Crippen LogP contribution < -0.4 is 0 Å². The van der Waals surface area contributed by atoms with Gasteiger partial charge in [0.15, 0.2) is 6.17 Å². The van der Waals surface area contributed by atoms with Gasteiger partial charge in [0.25, 0.3) is 6.43 Å². The maximum Gasteiger partial charge on any atom is 0.269 e. The van der Waals surface area contributed by atoms with Crippen molar-refractivity contribution in [3.05, 3.63) is 0 Å². The third-order valence-corrected chi connectivity index (χ3v) is 2.64. The molecule has 1 unspecified atom stereocenters. The minimum atomic E-state index is -2.83. The van der Waals surface area contributed by atoms with Crippen molar-refractivity contribution in [2.24, 2.45) is 0 Å². The molecule has 0 N–H and O–H groups in total. The van der Waals surface area contributed by atoms with Gasteiger partial charge >= 0.3 is 0 Å². The summed E-state index contributed by atoms with van der Waals surface area (Å²) in [5.74, 6) is 0. The van der Waals surface area contributed by atoms with Gasteiger partial charge < -0.3 is 0 Å². The SMILES string of the molecule is FCCCCCCCCCCC(F)C(F)F. The number of unbranched alkanes of at least 4 members (excludes halogenated alkanes) is 7. The molecule has 0 aromatic carbocycles. The first-order valence-electron chi connectivity index (χ1n) is 6.16. The molecule has 1 atom stereocenters. The van der Waals surface area contributed by atoms with Gasteiger partial charge in [-0.2, -0.15) is 0 Å². The van der Waals surface area contributed by atoms with Crippen molar-refractivity contribution in [3.63, 3.8) is 0 Å². The van der Waals surface area contributed by atoms with E-state index in [1.165, 1.54) is 0 Å². The van der Waals surface area contributed by atoms with Crippen LogP contribution >= 0.6 is 0 Å². The molecule has 0 bridgehead atoms. The van der Waals surface area contributed by atoms with Gasteiger partial charge in [-0.1, -0.05) is 44.9 Å². The van der Waals surface area contributed by atoms with Crippen molar-refractivity contribution in [1.29, 1.82) is 0 Å². The summed E-state index contributed by atoms with van der Waals surface area (Å²) in [7, 11) is 0. The molecule has 0 aliphatic carbocycles. The molecular formula is C12H22F4. The lowest BCUT2D eigenvalue weighted by Crippen LogP contribution is -2.11. The van der Waals surface area contributed by atoms with Crippen LogP contribution in [0.2, 0.25) is 0 Å². The first-order valence-corrected chi connectivity index (χ1v) is 6.16. The van der Waals surface area contributed by atoms with E-state index >= 15 is 0 Å². The summed E-state index contributed by atoms with van der Waals surface area (Å²) in [4.78, 5) is 0. The normalized spacial score (nSPS) is 13.3. The Morgan fingerprint density at radius 2 is 1.06 bits per heavy atom. The molecule has 0 rings (SSSR count). The Kier molecular flexibility index (Phi) is 11.0. The van der Waals surface area contributed by atoms with Gasteiger partial charge in [0, 0.05) is 0 Å². The lowest BCUT2D eigenvalue weighted by Gasteiger charge is -2.06. The van der Waals surface area contributed by atoms with Gasteiger partial charge in [-0.3, -0.25) is 4.39 Å². The highest BCUT2D eigenvalue weighted by molar-refractivity contribution is 4.58. The van der Waals surface area contributed by atoms with Crippen LogP contribution in [0, 0.1) is 0 Å². The Morgan fingerprint density at radius 1 is 0.625 bits per heavy atom. The Hall–Kier alpha value is -0.280. The maximum absolute atomic E-state index is 12.5. The maximum atomic E-state index is 12.5. The summed E-state index contributed by atoms with van der Waals surface area (Å²) in [6.45, 7) is -0.245. The van der Waals surface area contributed by atoms with Crippen LogP contribution in [0.15, 0.2) is 0 Å². The summed E-state index contributed by atoms with van der Waals surface area (Å²) in [5, 5.41) is 0. The van der Waals surface area contributed by atoms with Gasteiger partial charge in [0.2, 0.25) is 0 Å². The first-order chi connectivity index (χ1) is 7.68. The fourth-order valence-corrected chi connectivity index (χ4v) is 1.62. The van der Waals surface area contributed by atoms with E-state index in [0.29, 0.717) is 12.8 Å². The first kappa shape index (κ1) is 15.7. The molecule has 0 nitrogen and oxygen atoms in total. The third kappa shape index (κ3) is 10.2. The van der Waals surface area contributed by atoms with Crippen LogP contribution in [0.3, 0.4) is 0 Å². The smallest absolute Gasteiger partial charge is 0.251 e. The number of hydrogen-bond acceptors (Lipinski definition) is 0. The van der Waals surface area contributed by atoms with E-state index < -0.39 is 12.6 Å². The van der Waals surface area contributed by atoms with E-state index in [-0.39, 0.29) is 13.1 Å². The van der Waals surface area contributed by atoms with Crippen LogP contribution in [0.5, 0.6) is 0 Å². The van der Waals surface area contributed by atoms with Crippen molar-refractivity contribution >= 4 is 0 Å². The van der Waals surface area contributed by atoms with E-state index in [4.69, 9.17) is 0 Å². The van der Waals surface area contributed by atoms with E-state index in [9.17, 15) is 17.6 Å². The highest BCUT2D eigenvalue weighted by Gasteiger charge is 2.17. The summed E-state index contributed by atoms with van der Waals surface area (Å²) in [6, 6.07) is 0. The zero-order valence-corrected chi connectivity index (χ0v) is 9.74. The van der Waals surface area contributed by atoms with Crippen LogP contribution in [-0.2, 0) is 0 Å². The molecule has 98 valence electrons. The second-order valence-electron chi connectivity index (χ2n) is 4.16. The standard InChI is InChI=1S/C12H22F4/c13-10-8-6-4-2-1-3-5-7-9-11(14)12(15)16/h11-12H,1-10H2. The predicted octanol–water partition coefficient (Wildman–Crippen LogP) is 5.07. The van der Waals surface area contributed by atoms with E-state index in [2.05, 4.69) is 0 Å². The van der Waals surface area contributed by atoms with E-state index in [1.807, 2.05) is 0 Å². The Bertz CT molecular complexity index is 139. The molecule has 0 heterocycles. The summed E-state index contributed by atoms with van der Waals surface area (Å²) >= 11 is 0. The summed E-state index contributed by atoms with van der Waals surface area (Å²) in [6.07, 6.45) is 2.20. The zero-order chi connectivity index (χ0) is 12.2. The van der Waals surface area contributed by atoms with Crippen LogP contribution in [0.25, 0.3) is 0 Å².